The number of aromatic nitrogens is 3. The molecule has 1 fully saturated rings. The summed E-state index contributed by atoms with van der Waals surface area (Å²) in [5, 5.41) is 6.57. The number of esters is 1. The Balaban J connectivity index is 1.27. The zero-order valence-electron chi connectivity index (χ0n) is 30.2. The van der Waals surface area contributed by atoms with Crippen molar-refractivity contribution in [1.29, 1.82) is 0 Å². The SMILES string of the molecule is COC(=O)CN(CCCNc1ccc(-c2ccnc(Nc3cccc(CN4CCN(C(=O)OC(C)(C)C)CC4)c3)n2)cn1)C(=O)OC(C)(C)C. The summed E-state index contributed by atoms with van der Waals surface area (Å²) in [7, 11) is 1.28. The van der Waals surface area contributed by atoms with Gasteiger partial charge in [-0.25, -0.2) is 24.5 Å². The topological polar surface area (TPSA) is 151 Å². The molecule has 1 aliphatic heterocycles. The fourth-order valence-electron chi connectivity index (χ4n) is 5.05. The monoisotopic (exact) mass is 690 g/mol. The molecule has 0 aliphatic carbocycles. The first-order chi connectivity index (χ1) is 23.7. The predicted octanol–water partition coefficient (Wildman–Crippen LogP) is 5.55. The van der Waals surface area contributed by atoms with E-state index in [0.29, 0.717) is 44.4 Å². The highest BCUT2D eigenvalue weighted by atomic mass is 16.6. The minimum Gasteiger partial charge on any atom is -0.468 e. The fourth-order valence-corrected chi connectivity index (χ4v) is 5.05. The quantitative estimate of drug-likeness (QED) is 0.139. The lowest BCUT2D eigenvalue weighted by atomic mass is 10.1. The average molecular weight is 691 g/mol. The average Bonchev–Trinajstić information content (AvgIpc) is 3.05. The van der Waals surface area contributed by atoms with Crippen LogP contribution in [0.5, 0.6) is 0 Å². The lowest BCUT2D eigenvalue weighted by molar-refractivity contribution is -0.141. The summed E-state index contributed by atoms with van der Waals surface area (Å²) in [5.74, 6) is 0.622. The molecule has 3 aromatic rings. The van der Waals surface area contributed by atoms with Crippen LogP contribution >= 0.6 is 0 Å². The van der Waals surface area contributed by atoms with Crippen LogP contribution in [0.1, 0.15) is 53.5 Å². The van der Waals surface area contributed by atoms with Gasteiger partial charge in [-0.2, -0.15) is 0 Å². The van der Waals surface area contributed by atoms with Crippen molar-refractivity contribution in [2.24, 2.45) is 0 Å². The van der Waals surface area contributed by atoms with Crippen LogP contribution in [0.4, 0.5) is 27.0 Å². The molecule has 0 unspecified atom stereocenters. The first-order valence-electron chi connectivity index (χ1n) is 16.8. The Morgan fingerprint density at radius 3 is 2.32 bits per heavy atom. The van der Waals surface area contributed by atoms with Gasteiger partial charge in [-0.05, 0) is 83.9 Å². The number of carbonyl (C=O) groups is 3. The van der Waals surface area contributed by atoms with Crippen molar-refractivity contribution in [2.45, 2.75) is 65.7 Å². The Kier molecular flexibility index (Phi) is 12.9. The Labute approximate surface area is 294 Å². The molecule has 3 heterocycles. The minimum absolute atomic E-state index is 0.185. The van der Waals surface area contributed by atoms with Crippen LogP contribution in [-0.2, 0) is 25.5 Å². The van der Waals surface area contributed by atoms with Gasteiger partial charge in [0.2, 0.25) is 5.95 Å². The summed E-state index contributed by atoms with van der Waals surface area (Å²) in [6.45, 7) is 15.2. The van der Waals surface area contributed by atoms with E-state index in [4.69, 9.17) is 19.2 Å². The lowest BCUT2D eigenvalue weighted by Gasteiger charge is -2.35. The van der Waals surface area contributed by atoms with E-state index in [1.807, 2.05) is 51.1 Å². The van der Waals surface area contributed by atoms with Gasteiger partial charge in [0.05, 0.1) is 12.8 Å². The number of ether oxygens (including phenoxy) is 3. The molecular formula is C36H50N8O6. The number of piperazine rings is 1. The summed E-state index contributed by atoms with van der Waals surface area (Å²) in [6.07, 6.45) is 3.18. The van der Waals surface area contributed by atoms with Gasteiger partial charge in [0.25, 0.3) is 0 Å². The van der Waals surface area contributed by atoms with Gasteiger partial charge in [0.1, 0.15) is 23.6 Å². The van der Waals surface area contributed by atoms with E-state index >= 15 is 0 Å². The van der Waals surface area contributed by atoms with E-state index in [1.54, 1.807) is 38.1 Å². The van der Waals surface area contributed by atoms with E-state index in [2.05, 4.69) is 37.6 Å². The Bertz CT molecular complexity index is 1580. The number of methoxy groups -OCH3 is 1. The number of anilines is 3. The van der Waals surface area contributed by atoms with Crippen molar-refractivity contribution < 1.29 is 28.6 Å². The smallest absolute Gasteiger partial charge is 0.410 e. The third kappa shape index (κ3) is 12.5. The van der Waals surface area contributed by atoms with Crippen molar-refractivity contribution in [3.8, 4) is 11.3 Å². The highest BCUT2D eigenvalue weighted by Gasteiger charge is 2.26. The maximum absolute atomic E-state index is 12.6. The molecule has 50 heavy (non-hydrogen) atoms. The molecule has 2 N–H and O–H groups in total. The van der Waals surface area contributed by atoms with Gasteiger partial charge in [0.15, 0.2) is 0 Å². The number of carbonyl (C=O) groups excluding carboxylic acids is 3. The second-order valence-electron chi connectivity index (χ2n) is 14.0. The van der Waals surface area contributed by atoms with Crippen LogP contribution in [0.2, 0.25) is 0 Å². The zero-order chi connectivity index (χ0) is 36.3. The Morgan fingerprint density at radius 1 is 0.920 bits per heavy atom. The van der Waals surface area contributed by atoms with Crippen LogP contribution in [0.3, 0.4) is 0 Å². The normalized spacial score (nSPS) is 13.7. The van der Waals surface area contributed by atoms with Crippen molar-refractivity contribution in [3.63, 3.8) is 0 Å². The molecule has 1 aromatic carbocycles. The molecule has 0 atom stereocenters. The molecule has 1 aliphatic rings. The Hall–Kier alpha value is -4.98. The molecule has 4 rings (SSSR count). The third-order valence-corrected chi connectivity index (χ3v) is 7.44. The highest BCUT2D eigenvalue weighted by Crippen LogP contribution is 2.22. The van der Waals surface area contributed by atoms with Crippen molar-refractivity contribution in [1.82, 2.24) is 29.7 Å². The van der Waals surface area contributed by atoms with Gasteiger partial charge in [-0.3, -0.25) is 14.6 Å². The molecule has 14 nitrogen and oxygen atoms in total. The van der Waals surface area contributed by atoms with E-state index in [9.17, 15) is 14.4 Å². The maximum atomic E-state index is 12.6. The summed E-state index contributed by atoms with van der Waals surface area (Å²) < 4.78 is 15.7. The van der Waals surface area contributed by atoms with E-state index in [-0.39, 0.29) is 12.6 Å². The number of nitrogens with one attached hydrogen (secondary N) is 2. The standard InChI is InChI=1S/C36H50N8O6/c1-35(2,3)49-33(46)43-20-18-42(19-21-43)24-26-10-8-11-28(22-26)40-32-38-16-14-29(41-32)27-12-13-30(39-23-27)37-15-9-17-44(25-31(45)48-7)34(47)50-36(4,5)6/h8,10-14,16,22-23H,9,15,17-21,24-25H2,1-7H3,(H,37,39)(H,38,40,41). The van der Waals surface area contributed by atoms with Gasteiger partial charge in [-0.1, -0.05) is 12.1 Å². The Morgan fingerprint density at radius 2 is 1.66 bits per heavy atom. The van der Waals surface area contributed by atoms with E-state index in [1.165, 1.54) is 12.0 Å². The van der Waals surface area contributed by atoms with Crippen LogP contribution in [-0.4, -0.2) is 112 Å². The molecule has 14 heteroatoms. The largest absolute Gasteiger partial charge is 0.468 e. The van der Waals surface area contributed by atoms with Gasteiger partial charge < -0.3 is 29.7 Å². The molecule has 2 aromatic heterocycles. The molecule has 0 radical (unpaired) electrons. The van der Waals surface area contributed by atoms with Gasteiger partial charge in [0, 0.05) is 69.5 Å². The second-order valence-corrected chi connectivity index (χ2v) is 14.0. The summed E-state index contributed by atoms with van der Waals surface area (Å²) >= 11 is 0. The van der Waals surface area contributed by atoms with Gasteiger partial charge >= 0.3 is 18.2 Å². The summed E-state index contributed by atoms with van der Waals surface area (Å²) in [6, 6.07) is 13.8. The van der Waals surface area contributed by atoms with E-state index in [0.717, 1.165) is 42.1 Å². The molecular weight excluding hydrogens is 640 g/mol. The summed E-state index contributed by atoms with van der Waals surface area (Å²) in [4.78, 5) is 55.8. The molecule has 1 saturated heterocycles. The second kappa shape index (κ2) is 17.1. The number of amides is 2. The van der Waals surface area contributed by atoms with Crippen LogP contribution in [0.25, 0.3) is 11.3 Å². The first kappa shape index (κ1) is 37.8. The first-order valence-corrected chi connectivity index (χ1v) is 16.8. The molecule has 0 saturated carbocycles. The van der Waals surface area contributed by atoms with Crippen LogP contribution in [0, 0.1) is 0 Å². The molecule has 270 valence electrons. The van der Waals surface area contributed by atoms with Crippen molar-refractivity contribution in [3.05, 3.63) is 60.4 Å². The maximum Gasteiger partial charge on any atom is 0.410 e. The van der Waals surface area contributed by atoms with Crippen molar-refractivity contribution in [2.75, 3.05) is 63.6 Å². The highest BCUT2D eigenvalue weighted by molar-refractivity contribution is 5.78. The number of pyridine rings is 1. The molecule has 0 bridgehead atoms. The minimum atomic E-state index is -0.675. The van der Waals surface area contributed by atoms with E-state index < -0.39 is 23.3 Å². The van der Waals surface area contributed by atoms with Crippen LogP contribution < -0.4 is 10.6 Å². The number of hydrogen-bond donors (Lipinski definition) is 2. The van der Waals surface area contributed by atoms with Crippen molar-refractivity contribution >= 4 is 35.6 Å². The molecule has 2 amide bonds. The zero-order valence-corrected chi connectivity index (χ0v) is 30.2. The molecule has 0 spiro atoms. The fraction of sp³-hybridized carbons (Fsp3) is 0.500. The third-order valence-electron chi connectivity index (χ3n) is 7.44. The van der Waals surface area contributed by atoms with Crippen LogP contribution in [0.15, 0.2) is 54.9 Å². The lowest BCUT2D eigenvalue weighted by Crippen LogP contribution is -2.49. The predicted molar refractivity (Wildman–Crippen MR) is 191 cm³/mol. The number of rotatable bonds is 12. The van der Waals surface area contributed by atoms with Gasteiger partial charge in [-0.15, -0.1) is 0 Å². The number of nitrogens with zero attached hydrogens (tertiary/aromatic N) is 6. The summed E-state index contributed by atoms with van der Waals surface area (Å²) in [5.41, 5.74) is 2.39. The number of hydrogen-bond acceptors (Lipinski definition) is 12. The number of benzene rings is 1.